The van der Waals surface area contributed by atoms with Crippen molar-refractivity contribution in [3.05, 3.63) is 28.5 Å². The van der Waals surface area contributed by atoms with E-state index in [1.54, 1.807) is 0 Å². The van der Waals surface area contributed by atoms with Gasteiger partial charge in [0.2, 0.25) is 0 Å². The molecule has 1 aromatic rings. The molecule has 1 aromatic carbocycles. The van der Waals surface area contributed by atoms with Crippen LogP contribution in [0, 0.1) is 11.7 Å². The highest BCUT2D eigenvalue weighted by molar-refractivity contribution is 9.10. The molecule has 0 amide bonds. The summed E-state index contributed by atoms with van der Waals surface area (Å²) in [5.74, 6) is -4.54. The minimum absolute atomic E-state index is 0.0187. The number of esters is 1. The number of aliphatic imine (C=N–C) groups is 1. The van der Waals surface area contributed by atoms with E-state index in [2.05, 4.69) is 30.6 Å². The lowest BCUT2D eigenvalue weighted by atomic mass is 10.2. The third-order valence-corrected chi connectivity index (χ3v) is 2.75. The van der Waals surface area contributed by atoms with Crippen LogP contribution in [0.15, 0.2) is 27.7 Å². The maximum Gasteiger partial charge on any atom is 0.368 e. The minimum atomic E-state index is -1.62. The molecule has 0 bridgehead atoms. The van der Waals surface area contributed by atoms with Crippen molar-refractivity contribution in [1.82, 2.24) is 0 Å². The average molecular weight is 350 g/mol. The molecule has 0 aliphatic heterocycles. The Bertz CT molecular complexity index is 536. The van der Waals surface area contributed by atoms with Gasteiger partial charge in [0.25, 0.3) is 0 Å². The van der Waals surface area contributed by atoms with Crippen LogP contribution in [-0.4, -0.2) is 24.8 Å². The largest absolute Gasteiger partial charge is 0.465 e. The van der Waals surface area contributed by atoms with Crippen molar-refractivity contribution in [2.75, 3.05) is 6.61 Å². The van der Waals surface area contributed by atoms with E-state index in [0.717, 1.165) is 12.3 Å². The Hall–Kier alpha value is -1.83. The van der Waals surface area contributed by atoms with Crippen LogP contribution in [0.5, 0.6) is 0 Å². The maximum atomic E-state index is 13.0. The zero-order valence-corrected chi connectivity index (χ0v) is 11.9. The van der Waals surface area contributed by atoms with Crippen molar-refractivity contribution >= 4 is 39.8 Å². The maximum absolute atomic E-state index is 13.0. The van der Waals surface area contributed by atoms with Crippen LogP contribution >= 0.6 is 15.9 Å². The number of carbonyl (C=O) groups is 2. The zero-order valence-electron chi connectivity index (χ0n) is 10.3. The quantitative estimate of drug-likeness (QED) is 0.465. The van der Waals surface area contributed by atoms with E-state index in [1.165, 1.54) is 19.1 Å². The van der Waals surface area contributed by atoms with Crippen LogP contribution in [-0.2, 0) is 19.3 Å². The molecule has 8 heteroatoms. The van der Waals surface area contributed by atoms with Crippen LogP contribution in [0.1, 0.15) is 6.92 Å². The second-order valence-electron chi connectivity index (χ2n) is 3.50. The molecule has 1 atom stereocenters. The van der Waals surface area contributed by atoms with Gasteiger partial charge in [0.05, 0.1) is 16.8 Å². The third kappa shape index (κ3) is 4.37. The number of hydrogen-bond acceptors (Lipinski definition) is 5. The van der Waals surface area contributed by atoms with Gasteiger partial charge in [0.1, 0.15) is 5.82 Å². The smallest absolute Gasteiger partial charge is 0.368 e. The Kier molecular flexibility index (Phi) is 6.23. The second kappa shape index (κ2) is 7.68. The van der Waals surface area contributed by atoms with Gasteiger partial charge in [-0.3, -0.25) is 14.7 Å². The fourth-order valence-corrected chi connectivity index (χ4v) is 1.59. The fourth-order valence-electron chi connectivity index (χ4n) is 1.22. The Morgan fingerprint density at radius 2 is 2.15 bits per heavy atom. The molecule has 108 valence electrons. The van der Waals surface area contributed by atoms with E-state index in [1.807, 2.05) is 0 Å². The predicted molar refractivity (Wildman–Crippen MR) is 69.6 cm³/mol. The van der Waals surface area contributed by atoms with Gasteiger partial charge >= 0.3 is 11.9 Å². The summed E-state index contributed by atoms with van der Waals surface area (Å²) in [4.78, 5) is 29.3. The fraction of sp³-hybridized carbons (Fsp3) is 0.250. The molecule has 5 nitrogen and oxygen atoms in total. The van der Waals surface area contributed by atoms with E-state index >= 15 is 0 Å². The molecule has 20 heavy (non-hydrogen) atoms. The Morgan fingerprint density at radius 1 is 1.45 bits per heavy atom. The Balaban J connectivity index is 2.93. The van der Waals surface area contributed by atoms with Gasteiger partial charge in [0, 0.05) is 10.7 Å². The van der Waals surface area contributed by atoms with E-state index in [-0.39, 0.29) is 16.8 Å². The number of rotatable bonds is 5. The summed E-state index contributed by atoms with van der Waals surface area (Å²) in [5, 5.41) is 0. The molecule has 0 aliphatic rings. The number of carbonyl (C=O) groups excluding carboxylic acids is 2. The third-order valence-electron chi connectivity index (χ3n) is 2.15. The molecule has 0 N–H and O–H groups in total. The predicted octanol–water partition coefficient (Wildman–Crippen LogP) is 2.90. The average Bonchev–Trinajstić information content (AvgIpc) is 2.42. The molecule has 0 aromatic heterocycles. The van der Waals surface area contributed by atoms with Crippen molar-refractivity contribution in [3.8, 4) is 0 Å². The molecule has 0 heterocycles. The number of benzene rings is 1. The van der Waals surface area contributed by atoms with Crippen molar-refractivity contribution < 1.29 is 28.2 Å². The first-order chi connectivity index (χ1) is 9.49. The van der Waals surface area contributed by atoms with E-state index in [4.69, 9.17) is 0 Å². The van der Waals surface area contributed by atoms with Gasteiger partial charge < -0.3 is 4.74 Å². The van der Waals surface area contributed by atoms with Gasteiger partial charge in [-0.25, -0.2) is 9.18 Å². The van der Waals surface area contributed by atoms with Crippen molar-refractivity contribution in [2.45, 2.75) is 6.92 Å². The summed E-state index contributed by atoms with van der Waals surface area (Å²) < 4.78 is 29.7. The minimum Gasteiger partial charge on any atom is -0.465 e. The van der Waals surface area contributed by atoms with Crippen LogP contribution in [0.3, 0.4) is 0 Å². The zero-order chi connectivity index (χ0) is 15.1. The first kappa shape index (κ1) is 16.2. The first-order valence-electron chi connectivity index (χ1n) is 5.48. The molecular formula is C12H10BrF2NO4. The monoisotopic (exact) mass is 349 g/mol. The number of hydrogen-bond donors (Lipinski definition) is 0. The van der Waals surface area contributed by atoms with Crippen molar-refractivity contribution in [2.24, 2.45) is 10.9 Å². The highest BCUT2D eigenvalue weighted by Crippen LogP contribution is 2.22. The SMILES string of the molecule is CCOC(=O)C(C=Nc1ccc(F)c(Br)c1)C(=O)OF. The molecule has 0 fully saturated rings. The summed E-state index contributed by atoms with van der Waals surface area (Å²) >= 11 is 2.96. The Morgan fingerprint density at radius 3 is 2.70 bits per heavy atom. The van der Waals surface area contributed by atoms with Crippen LogP contribution in [0.2, 0.25) is 0 Å². The number of halogens is 3. The molecule has 1 unspecified atom stereocenters. The molecule has 0 saturated heterocycles. The topological polar surface area (TPSA) is 65.0 Å². The molecule has 0 spiro atoms. The van der Waals surface area contributed by atoms with Gasteiger partial charge in [0.15, 0.2) is 5.92 Å². The second-order valence-corrected chi connectivity index (χ2v) is 4.36. The van der Waals surface area contributed by atoms with Crippen molar-refractivity contribution in [3.63, 3.8) is 0 Å². The lowest BCUT2D eigenvalue weighted by Gasteiger charge is -2.06. The number of ether oxygens (including phenoxy) is 1. The van der Waals surface area contributed by atoms with E-state index < -0.39 is 23.7 Å². The van der Waals surface area contributed by atoms with E-state index in [0.29, 0.717) is 0 Å². The molecular weight excluding hydrogens is 340 g/mol. The lowest BCUT2D eigenvalue weighted by molar-refractivity contribution is -0.189. The van der Waals surface area contributed by atoms with Crippen LogP contribution < -0.4 is 0 Å². The molecule has 0 aliphatic carbocycles. The molecule has 0 radical (unpaired) electrons. The molecule has 0 saturated carbocycles. The van der Waals surface area contributed by atoms with E-state index in [9.17, 15) is 18.5 Å². The summed E-state index contributed by atoms with van der Waals surface area (Å²) in [7, 11) is 0. The summed E-state index contributed by atoms with van der Waals surface area (Å²) in [5.41, 5.74) is 0.263. The summed E-state index contributed by atoms with van der Waals surface area (Å²) in [6.07, 6.45) is 0.875. The normalized spacial score (nSPS) is 12.2. The van der Waals surface area contributed by atoms with Crippen LogP contribution in [0.4, 0.5) is 14.6 Å². The van der Waals surface area contributed by atoms with Gasteiger partial charge in [-0.15, -0.1) is 0 Å². The van der Waals surface area contributed by atoms with Gasteiger partial charge in [-0.2, -0.15) is 0 Å². The van der Waals surface area contributed by atoms with Gasteiger partial charge in [-0.1, -0.05) is 0 Å². The van der Waals surface area contributed by atoms with Crippen molar-refractivity contribution in [1.29, 1.82) is 0 Å². The lowest BCUT2D eigenvalue weighted by Crippen LogP contribution is -2.27. The summed E-state index contributed by atoms with van der Waals surface area (Å²) in [6, 6.07) is 3.79. The molecule has 1 rings (SSSR count). The first-order valence-corrected chi connectivity index (χ1v) is 6.27. The van der Waals surface area contributed by atoms with Gasteiger partial charge in [-0.05, 0) is 41.1 Å². The highest BCUT2D eigenvalue weighted by atomic mass is 79.9. The highest BCUT2D eigenvalue weighted by Gasteiger charge is 2.29. The standard InChI is InChI=1S/C12H10BrF2NO4/c1-2-19-11(17)8(12(18)20-15)6-16-7-3-4-10(14)9(13)5-7/h3-6,8H,2H2,1H3. The number of nitrogens with zero attached hydrogens (tertiary/aromatic N) is 1. The van der Waals surface area contributed by atoms with Crippen LogP contribution in [0.25, 0.3) is 0 Å². The summed E-state index contributed by atoms with van der Waals surface area (Å²) in [6.45, 7) is 1.55. The Labute approximate surface area is 121 Å².